The van der Waals surface area contributed by atoms with Crippen molar-refractivity contribution in [3.63, 3.8) is 0 Å². The quantitative estimate of drug-likeness (QED) is 0.888. The summed E-state index contributed by atoms with van der Waals surface area (Å²) in [5.74, 6) is 2.27. The Morgan fingerprint density at radius 3 is 2.52 bits per heavy atom. The van der Waals surface area contributed by atoms with Gasteiger partial charge in [0, 0.05) is 31.7 Å². The molecule has 5 rings (SSSR count). The summed E-state index contributed by atoms with van der Waals surface area (Å²) < 4.78 is 0. The zero-order valence-electron chi connectivity index (χ0n) is 14.8. The first-order valence-corrected chi connectivity index (χ1v) is 9.48. The molecule has 5 heteroatoms. The Bertz CT molecular complexity index is 661. The molecule has 25 heavy (non-hydrogen) atoms. The minimum atomic E-state index is -0.103. The molecule has 2 aliphatic carbocycles. The van der Waals surface area contributed by atoms with Crippen LogP contribution in [0, 0.1) is 17.8 Å². The molecular formula is C20H27N3O2. The zero-order chi connectivity index (χ0) is 17.4. The lowest BCUT2D eigenvalue weighted by Gasteiger charge is -2.38. The molecule has 0 radical (unpaired) electrons. The Kier molecular flexibility index (Phi) is 4.40. The third kappa shape index (κ3) is 3.37. The summed E-state index contributed by atoms with van der Waals surface area (Å²) in [7, 11) is 1.62. The molecule has 2 aliphatic heterocycles. The molecule has 2 unspecified atom stereocenters. The van der Waals surface area contributed by atoms with Gasteiger partial charge in [0.1, 0.15) is 0 Å². The van der Waals surface area contributed by atoms with Crippen molar-refractivity contribution >= 4 is 11.9 Å². The Labute approximate surface area is 149 Å². The molecular weight excluding hydrogens is 314 g/mol. The maximum absolute atomic E-state index is 12.8. The molecule has 4 bridgehead atoms. The third-order valence-corrected chi connectivity index (χ3v) is 6.23. The highest BCUT2D eigenvalue weighted by molar-refractivity contribution is 5.94. The molecule has 0 spiro atoms. The summed E-state index contributed by atoms with van der Waals surface area (Å²) in [6.45, 7) is 1.38. The first kappa shape index (κ1) is 16.4. The third-order valence-electron chi connectivity index (χ3n) is 6.23. The number of nitrogens with one attached hydrogen (secondary N) is 2. The number of hydrogen-bond acceptors (Lipinski definition) is 2. The van der Waals surface area contributed by atoms with Crippen molar-refractivity contribution in [3.05, 3.63) is 35.4 Å². The van der Waals surface area contributed by atoms with E-state index in [1.54, 1.807) is 13.1 Å². The zero-order valence-corrected chi connectivity index (χ0v) is 14.8. The molecule has 2 heterocycles. The number of carbonyl (C=O) groups is 2. The van der Waals surface area contributed by atoms with Crippen molar-refractivity contribution in [3.8, 4) is 0 Å². The van der Waals surface area contributed by atoms with Gasteiger partial charge in [-0.05, 0) is 67.6 Å². The maximum Gasteiger partial charge on any atom is 0.317 e. The summed E-state index contributed by atoms with van der Waals surface area (Å²) in [6.07, 6.45) is 6.38. The minimum absolute atomic E-state index is 0.0588. The van der Waals surface area contributed by atoms with Gasteiger partial charge in [-0.15, -0.1) is 0 Å². The van der Waals surface area contributed by atoms with Crippen LogP contribution in [0.1, 0.15) is 48.0 Å². The van der Waals surface area contributed by atoms with Crippen molar-refractivity contribution in [2.75, 3.05) is 13.6 Å². The van der Waals surface area contributed by atoms with E-state index in [9.17, 15) is 9.59 Å². The monoisotopic (exact) mass is 341 g/mol. The fourth-order valence-electron chi connectivity index (χ4n) is 5.28. The molecule has 3 amide bonds. The molecule has 1 aromatic rings. The number of benzene rings is 1. The topological polar surface area (TPSA) is 61.4 Å². The number of rotatable bonds is 3. The predicted molar refractivity (Wildman–Crippen MR) is 96.1 cm³/mol. The highest BCUT2D eigenvalue weighted by Crippen LogP contribution is 2.47. The minimum Gasteiger partial charge on any atom is -0.355 e. The number of nitrogens with zero attached hydrogens (tertiary/aromatic N) is 1. The van der Waals surface area contributed by atoms with Crippen LogP contribution in [0.5, 0.6) is 0 Å². The highest BCUT2D eigenvalue weighted by Gasteiger charge is 2.43. The van der Waals surface area contributed by atoms with Gasteiger partial charge in [-0.2, -0.15) is 0 Å². The molecule has 4 fully saturated rings. The molecule has 2 N–H and O–H groups in total. The predicted octanol–water partition coefficient (Wildman–Crippen LogP) is 2.77. The van der Waals surface area contributed by atoms with Crippen molar-refractivity contribution in [1.82, 2.24) is 15.5 Å². The van der Waals surface area contributed by atoms with Gasteiger partial charge >= 0.3 is 6.03 Å². The molecule has 2 atom stereocenters. The van der Waals surface area contributed by atoms with Gasteiger partial charge < -0.3 is 15.5 Å². The fourth-order valence-corrected chi connectivity index (χ4v) is 5.28. The Morgan fingerprint density at radius 2 is 1.80 bits per heavy atom. The van der Waals surface area contributed by atoms with Gasteiger partial charge in [-0.1, -0.05) is 12.1 Å². The van der Waals surface area contributed by atoms with E-state index < -0.39 is 0 Å². The van der Waals surface area contributed by atoms with Gasteiger partial charge in [-0.25, -0.2) is 4.79 Å². The average Bonchev–Trinajstić information content (AvgIpc) is 2.82. The fraction of sp³-hybridized carbons (Fsp3) is 0.600. The van der Waals surface area contributed by atoms with Gasteiger partial charge in [0.05, 0.1) is 0 Å². The van der Waals surface area contributed by atoms with Crippen LogP contribution >= 0.6 is 0 Å². The van der Waals surface area contributed by atoms with Crippen molar-refractivity contribution in [2.24, 2.45) is 17.8 Å². The van der Waals surface area contributed by atoms with E-state index in [2.05, 4.69) is 15.5 Å². The van der Waals surface area contributed by atoms with Crippen LogP contribution in [0.3, 0.4) is 0 Å². The average molecular weight is 341 g/mol. The van der Waals surface area contributed by atoms with Gasteiger partial charge in [0.2, 0.25) is 0 Å². The Balaban J connectivity index is 1.40. The van der Waals surface area contributed by atoms with E-state index in [1.165, 1.54) is 32.1 Å². The Hall–Kier alpha value is -2.04. The van der Waals surface area contributed by atoms with Gasteiger partial charge in [-0.3, -0.25) is 4.79 Å². The largest absolute Gasteiger partial charge is 0.355 e. The molecule has 134 valence electrons. The summed E-state index contributed by atoms with van der Waals surface area (Å²) in [5.41, 5.74) is 1.58. The van der Waals surface area contributed by atoms with Gasteiger partial charge in [0.25, 0.3) is 5.91 Å². The molecule has 2 saturated heterocycles. The SMILES string of the molecule is CNC(=O)c1cccc(CNC(=O)N2CC3CC4CC(C3)CC2C4)c1. The normalized spacial score (nSPS) is 30.0. The van der Waals surface area contributed by atoms with Crippen molar-refractivity contribution in [1.29, 1.82) is 0 Å². The van der Waals surface area contributed by atoms with E-state index in [0.29, 0.717) is 24.1 Å². The highest BCUT2D eigenvalue weighted by atomic mass is 16.2. The second kappa shape index (κ2) is 6.70. The van der Waals surface area contributed by atoms with E-state index in [4.69, 9.17) is 0 Å². The number of carbonyl (C=O) groups excluding carboxylic acids is 2. The second-order valence-corrected chi connectivity index (χ2v) is 8.02. The maximum atomic E-state index is 12.8. The van der Waals surface area contributed by atoms with Crippen molar-refractivity contribution < 1.29 is 9.59 Å². The van der Waals surface area contributed by atoms with Crippen LogP contribution in [-0.4, -0.2) is 36.5 Å². The molecule has 0 aromatic heterocycles. The van der Waals surface area contributed by atoms with E-state index in [0.717, 1.165) is 23.9 Å². The summed E-state index contributed by atoms with van der Waals surface area (Å²) in [6, 6.07) is 7.92. The smallest absolute Gasteiger partial charge is 0.317 e. The second-order valence-electron chi connectivity index (χ2n) is 8.02. The van der Waals surface area contributed by atoms with Crippen LogP contribution < -0.4 is 10.6 Å². The van der Waals surface area contributed by atoms with E-state index in [1.807, 2.05) is 18.2 Å². The molecule has 4 aliphatic rings. The number of hydrogen-bond donors (Lipinski definition) is 2. The first-order chi connectivity index (χ1) is 12.1. The van der Waals surface area contributed by atoms with E-state index in [-0.39, 0.29) is 11.9 Å². The first-order valence-electron chi connectivity index (χ1n) is 9.48. The summed E-state index contributed by atoms with van der Waals surface area (Å²) in [4.78, 5) is 26.6. The molecule has 1 aromatic carbocycles. The van der Waals surface area contributed by atoms with Crippen LogP contribution in [0.4, 0.5) is 4.79 Å². The molecule has 5 nitrogen and oxygen atoms in total. The van der Waals surface area contributed by atoms with E-state index >= 15 is 0 Å². The van der Waals surface area contributed by atoms with Crippen LogP contribution in [0.2, 0.25) is 0 Å². The lowest BCUT2D eigenvalue weighted by molar-refractivity contribution is 0.0963. The number of urea groups is 1. The standard InChI is InChI=1S/C20H27N3O2/c1-21-19(24)17-4-2-3-13(8-17)11-22-20(25)23-12-16-6-14-5-15(7-16)10-18(23)9-14/h2-4,8,14-16,18H,5-7,9-12H2,1H3,(H,21,24)(H,22,25). The lowest BCUT2D eigenvalue weighted by Crippen LogP contribution is -2.47. The van der Waals surface area contributed by atoms with Crippen molar-refractivity contribution in [2.45, 2.75) is 44.7 Å². The number of amides is 3. The lowest BCUT2D eigenvalue weighted by atomic mass is 9.68. The van der Waals surface area contributed by atoms with Crippen LogP contribution in [-0.2, 0) is 6.54 Å². The number of fused-ring (bicyclic) bond motifs is 1. The van der Waals surface area contributed by atoms with Crippen LogP contribution in [0.25, 0.3) is 0 Å². The molecule has 2 saturated carbocycles. The van der Waals surface area contributed by atoms with Crippen LogP contribution in [0.15, 0.2) is 24.3 Å². The van der Waals surface area contributed by atoms with Gasteiger partial charge in [0.15, 0.2) is 0 Å². The Morgan fingerprint density at radius 1 is 1.08 bits per heavy atom. The summed E-state index contributed by atoms with van der Waals surface area (Å²) >= 11 is 0. The summed E-state index contributed by atoms with van der Waals surface area (Å²) in [5, 5.41) is 5.71.